The molecule has 0 aliphatic heterocycles. The third kappa shape index (κ3) is 9.68. The van der Waals surface area contributed by atoms with Crippen LogP contribution in [0.5, 0.6) is 0 Å². The zero-order valence-electron chi connectivity index (χ0n) is 38.6. The summed E-state index contributed by atoms with van der Waals surface area (Å²) in [6.45, 7) is 0. The molecule has 0 N–H and O–H groups in total. The van der Waals surface area contributed by atoms with Gasteiger partial charge in [0.05, 0.1) is 11.4 Å². The van der Waals surface area contributed by atoms with Gasteiger partial charge in [0, 0.05) is 37.4 Å². The Bertz CT molecular complexity index is 3510. The molecule has 0 aliphatic rings. The number of aromatic nitrogens is 3. The summed E-state index contributed by atoms with van der Waals surface area (Å²) in [6, 6.07) is 95.8. The minimum atomic E-state index is 0. The van der Waals surface area contributed by atoms with Gasteiger partial charge in [-0.05, 0) is 138 Å². The Morgan fingerprint density at radius 3 is 1.07 bits per heavy atom. The van der Waals surface area contributed by atoms with Gasteiger partial charge in [0.15, 0.2) is 0 Å². The Morgan fingerprint density at radius 1 is 0.254 bits per heavy atom. The van der Waals surface area contributed by atoms with Crippen LogP contribution in [0.3, 0.4) is 0 Å². The molecule has 12 rings (SSSR count). The van der Waals surface area contributed by atoms with Crippen molar-refractivity contribution < 1.29 is 20.1 Å². The summed E-state index contributed by atoms with van der Waals surface area (Å²) in [5.41, 5.74) is 20.0. The van der Waals surface area contributed by atoms with Gasteiger partial charge in [-0.2, -0.15) is 0 Å². The smallest absolute Gasteiger partial charge is 0.142 e. The minimum Gasteiger partial charge on any atom is -0.304 e. The van der Waals surface area contributed by atoms with Gasteiger partial charge in [-0.15, -0.1) is 29.8 Å². The van der Waals surface area contributed by atoms with Crippen LogP contribution in [-0.2, 0) is 20.1 Å². The molecule has 0 saturated heterocycles. The number of hydrogen-bond donors (Lipinski definition) is 0. The monoisotopic (exact) mass is 1080 g/mol. The van der Waals surface area contributed by atoms with Crippen LogP contribution in [0.2, 0.25) is 0 Å². The second-order valence-electron chi connectivity index (χ2n) is 17.6. The van der Waals surface area contributed by atoms with Gasteiger partial charge >= 0.3 is 0 Å². The van der Waals surface area contributed by atoms with Crippen LogP contribution in [0.1, 0.15) is 0 Å². The van der Waals surface area contributed by atoms with E-state index in [9.17, 15) is 0 Å². The van der Waals surface area contributed by atoms with Gasteiger partial charge in [0.1, 0.15) is 5.82 Å². The zero-order valence-corrected chi connectivity index (χ0v) is 41.0. The van der Waals surface area contributed by atoms with Gasteiger partial charge in [-0.3, -0.25) is 0 Å². The standard InChI is InChI=1S/C67H44N3.Ir/c1-5-18-46(19-6-1)58-37-59(47-20-7-2-8-21-47)40-62(39-58)50-28-15-31-54(34-50)65-44-66(70-67(69-65)56-33-17-30-53(36-56)64-43-52-26-13-14-27-57(52)45-68-64)55-32-16-29-51(35-55)63-41-60(48-22-9-3-10-23-48)38-61(42-63)49-24-11-4-12-25-49;/h1-29,31-45H;/q-1;. The SMILES string of the molecule is [Ir].[c-]1ccc(-c2nc(-c3cccc(-c4cc(-c5ccccc5)cc(-c5ccccc5)c4)c3)cc(-c3cccc(-c4cc(-c5ccccc5)cc(-c5ccccc5)c4)c3)n2)cc1-c1cc2ccccc2cn1. The maximum atomic E-state index is 5.37. The van der Waals surface area contributed by atoms with E-state index in [0.717, 1.165) is 94.6 Å². The Hall–Kier alpha value is -8.66. The molecule has 0 saturated carbocycles. The molecule has 2 aromatic heterocycles. The number of fused-ring (bicyclic) bond motifs is 1. The maximum absolute atomic E-state index is 5.37. The summed E-state index contributed by atoms with van der Waals surface area (Å²) in [4.78, 5) is 15.6. The van der Waals surface area contributed by atoms with Crippen molar-refractivity contribution in [1.29, 1.82) is 0 Å². The average Bonchev–Trinajstić information content (AvgIpc) is 3.45. The van der Waals surface area contributed by atoms with Crippen molar-refractivity contribution in [2.75, 3.05) is 0 Å². The summed E-state index contributed by atoms with van der Waals surface area (Å²) >= 11 is 0. The van der Waals surface area contributed by atoms with Crippen LogP contribution < -0.4 is 0 Å². The number of hydrogen-bond acceptors (Lipinski definition) is 3. The molecule has 4 heteroatoms. The summed E-state index contributed by atoms with van der Waals surface area (Å²) in [5.74, 6) is 0.620. The zero-order chi connectivity index (χ0) is 46.6. The second-order valence-corrected chi connectivity index (χ2v) is 17.6. The van der Waals surface area contributed by atoms with Crippen molar-refractivity contribution in [2.45, 2.75) is 0 Å². The summed E-state index contributed by atoms with van der Waals surface area (Å²) < 4.78 is 0. The minimum absolute atomic E-state index is 0. The fraction of sp³-hybridized carbons (Fsp3) is 0. The first kappa shape index (κ1) is 44.8. The Kier molecular flexibility index (Phi) is 12.7. The van der Waals surface area contributed by atoms with E-state index in [1.807, 2.05) is 24.4 Å². The van der Waals surface area contributed by atoms with Crippen molar-refractivity contribution in [1.82, 2.24) is 15.0 Å². The Labute approximate surface area is 428 Å². The van der Waals surface area contributed by atoms with Crippen molar-refractivity contribution in [3.8, 4) is 112 Å². The van der Waals surface area contributed by atoms with Gasteiger partial charge < -0.3 is 4.98 Å². The quantitative estimate of drug-likeness (QED) is 0.128. The average molecular weight is 1080 g/mol. The molecule has 10 aromatic carbocycles. The van der Waals surface area contributed by atoms with Gasteiger partial charge in [-0.1, -0.05) is 194 Å². The Balaban J connectivity index is 0.00000547. The third-order valence-corrected chi connectivity index (χ3v) is 13.0. The van der Waals surface area contributed by atoms with Crippen molar-refractivity contribution in [3.63, 3.8) is 0 Å². The van der Waals surface area contributed by atoms with Crippen LogP contribution in [0.15, 0.2) is 267 Å². The molecule has 0 aliphatic carbocycles. The van der Waals surface area contributed by atoms with Gasteiger partial charge in [0.25, 0.3) is 0 Å². The molecule has 0 unspecified atom stereocenters. The second kappa shape index (κ2) is 20.1. The fourth-order valence-corrected chi connectivity index (χ4v) is 9.35. The van der Waals surface area contributed by atoms with Gasteiger partial charge in [0.2, 0.25) is 0 Å². The summed E-state index contributed by atoms with van der Waals surface area (Å²) in [6.07, 6.45) is 1.93. The van der Waals surface area contributed by atoms with Crippen molar-refractivity contribution in [3.05, 3.63) is 273 Å². The molecule has 337 valence electrons. The van der Waals surface area contributed by atoms with E-state index in [1.54, 1.807) is 0 Å². The fourth-order valence-electron chi connectivity index (χ4n) is 9.35. The first-order valence-corrected chi connectivity index (χ1v) is 23.6. The molecule has 0 atom stereocenters. The summed E-state index contributed by atoms with van der Waals surface area (Å²) in [7, 11) is 0. The predicted octanol–water partition coefficient (Wildman–Crippen LogP) is 17.5. The topological polar surface area (TPSA) is 38.7 Å². The van der Waals surface area contributed by atoms with E-state index >= 15 is 0 Å². The Morgan fingerprint density at radius 2 is 0.620 bits per heavy atom. The first-order chi connectivity index (χ1) is 34.6. The van der Waals surface area contributed by atoms with Crippen LogP contribution in [0, 0.1) is 6.07 Å². The van der Waals surface area contributed by atoms with E-state index in [4.69, 9.17) is 15.0 Å². The van der Waals surface area contributed by atoms with Crippen LogP contribution in [0.25, 0.3) is 123 Å². The molecule has 1 radical (unpaired) electrons. The van der Waals surface area contributed by atoms with E-state index in [-0.39, 0.29) is 20.1 Å². The molecule has 3 nitrogen and oxygen atoms in total. The number of benzene rings is 10. The summed E-state index contributed by atoms with van der Waals surface area (Å²) in [5, 5.41) is 2.22. The first-order valence-electron chi connectivity index (χ1n) is 23.6. The van der Waals surface area contributed by atoms with Gasteiger partial charge in [-0.25, -0.2) is 9.97 Å². The third-order valence-electron chi connectivity index (χ3n) is 13.0. The van der Waals surface area contributed by atoms with E-state index in [0.29, 0.717) is 5.82 Å². The molecular formula is C67H44IrN3-. The number of nitrogens with zero attached hydrogens (tertiary/aromatic N) is 3. The van der Waals surface area contributed by atoms with Crippen molar-refractivity contribution >= 4 is 10.8 Å². The molecular weight excluding hydrogens is 1040 g/mol. The van der Waals surface area contributed by atoms with Crippen LogP contribution >= 0.6 is 0 Å². The molecule has 0 fully saturated rings. The van der Waals surface area contributed by atoms with E-state index in [2.05, 4.69) is 249 Å². The van der Waals surface area contributed by atoms with E-state index in [1.165, 1.54) is 22.3 Å². The predicted molar refractivity (Wildman–Crippen MR) is 291 cm³/mol. The molecule has 2 heterocycles. The largest absolute Gasteiger partial charge is 0.304 e. The van der Waals surface area contributed by atoms with Crippen LogP contribution in [0.4, 0.5) is 0 Å². The molecule has 0 bridgehead atoms. The molecule has 12 aromatic rings. The maximum Gasteiger partial charge on any atom is 0.142 e. The molecule has 71 heavy (non-hydrogen) atoms. The van der Waals surface area contributed by atoms with Crippen LogP contribution in [-0.4, -0.2) is 15.0 Å². The number of pyridine rings is 1. The molecule has 0 spiro atoms. The molecule has 0 amide bonds. The van der Waals surface area contributed by atoms with E-state index < -0.39 is 0 Å². The van der Waals surface area contributed by atoms with Crippen molar-refractivity contribution in [2.24, 2.45) is 0 Å². The normalized spacial score (nSPS) is 11.0. The number of rotatable bonds is 10.